The first-order valence-corrected chi connectivity index (χ1v) is 11.9. The Morgan fingerprint density at radius 1 is 0.893 bits per heavy atom. The van der Waals surface area contributed by atoms with E-state index in [1.54, 1.807) is 12.1 Å². The lowest BCUT2D eigenvalue weighted by Gasteiger charge is -2.25. The highest BCUT2D eigenvalue weighted by atomic mass is 32.2. The largest absolute Gasteiger partial charge is 0.495 e. The lowest BCUT2D eigenvalue weighted by atomic mass is 10.2. The summed E-state index contributed by atoms with van der Waals surface area (Å²) in [4.78, 5) is 0.0788. The number of benzene rings is 2. The molecule has 7 nitrogen and oxygen atoms in total. The van der Waals surface area contributed by atoms with E-state index < -0.39 is 20.0 Å². The van der Waals surface area contributed by atoms with Crippen molar-refractivity contribution >= 4 is 25.7 Å². The Kier molecular flexibility index (Phi) is 5.97. The summed E-state index contributed by atoms with van der Waals surface area (Å²) < 4.78 is 60.0. The van der Waals surface area contributed by atoms with E-state index >= 15 is 0 Å². The molecule has 0 amide bonds. The minimum Gasteiger partial charge on any atom is -0.495 e. The lowest BCUT2D eigenvalue weighted by Crippen LogP contribution is -2.35. The number of hydrogen-bond donors (Lipinski definition) is 1. The zero-order valence-corrected chi connectivity index (χ0v) is 17.5. The van der Waals surface area contributed by atoms with Crippen LogP contribution in [0.3, 0.4) is 0 Å². The lowest BCUT2D eigenvalue weighted by molar-refractivity contribution is 0.346. The Labute approximate surface area is 166 Å². The highest BCUT2D eigenvalue weighted by Crippen LogP contribution is 2.28. The number of hydrogen-bond acceptors (Lipinski definition) is 5. The molecule has 9 heteroatoms. The molecule has 0 spiro atoms. The van der Waals surface area contributed by atoms with Gasteiger partial charge in [-0.15, -0.1) is 0 Å². The van der Waals surface area contributed by atoms with E-state index in [4.69, 9.17) is 4.74 Å². The standard InChI is InChI=1S/C19H24N2O5S2/c1-15-6-11-19(26-2)18(14-15)20-27(22,23)16-7-9-17(10-8-16)28(24,25)21-12-4-3-5-13-21/h6-11,14,20H,3-5,12-13H2,1-2H3. The molecule has 1 N–H and O–H groups in total. The average molecular weight is 425 g/mol. The Hall–Kier alpha value is -2.10. The summed E-state index contributed by atoms with van der Waals surface area (Å²) in [6, 6.07) is 10.5. The molecule has 0 aliphatic carbocycles. The van der Waals surface area contributed by atoms with Crippen molar-refractivity contribution < 1.29 is 21.6 Å². The van der Waals surface area contributed by atoms with Crippen molar-refractivity contribution in [1.82, 2.24) is 4.31 Å². The average Bonchev–Trinajstić information content (AvgIpc) is 2.69. The first-order valence-electron chi connectivity index (χ1n) is 9.02. The van der Waals surface area contributed by atoms with E-state index in [9.17, 15) is 16.8 Å². The fraction of sp³-hybridized carbons (Fsp3) is 0.368. The predicted molar refractivity (Wildman–Crippen MR) is 108 cm³/mol. The summed E-state index contributed by atoms with van der Waals surface area (Å²) >= 11 is 0. The van der Waals surface area contributed by atoms with Crippen LogP contribution in [0.2, 0.25) is 0 Å². The maximum Gasteiger partial charge on any atom is 0.262 e. The monoisotopic (exact) mass is 424 g/mol. The van der Waals surface area contributed by atoms with Crippen LogP contribution in [0.25, 0.3) is 0 Å². The Morgan fingerprint density at radius 2 is 1.50 bits per heavy atom. The molecule has 1 heterocycles. The van der Waals surface area contributed by atoms with E-state index in [-0.39, 0.29) is 9.79 Å². The van der Waals surface area contributed by atoms with Gasteiger partial charge in [0.1, 0.15) is 5.75 Å². The molecular formula is C19H24N2O5S2. The quantitative estimate of drug-likeness (QED) is 0.770. The molecule has 2 aromatic carbocycles. The normalized spacial score (nSPS) is 15.9. The summed E-state index contributed by atoms with van der Waals surface area (Å²) in [5.74, 6) is 0.401. The van der Waals surface area contributed by atoms with E-state index in [0.717, 1.165) is 24.8 Å². The van der Waals surface area contributed by atoms with Crippen molar-refractivity contribution in [2.75, 3.05) is 24.9 Å². The fourth-order valence-electron chi connectivity index (χ4n) is 3.15. The molecule has 0 aromatic heterocycles. The van der Waals surface area contributed by atoms with Crippen LogP contribution < -0.4 is 9.46 Å². The second-order valence-corrected chi connectivity index (χ2v) is 10.4. The minimum atomic E-state index is -3.89. The molecule has 0 bridgehead atoms. The first-order chi connectivity index (χ1) is 13.2. The van der Waals surface area contributed by atoms with Gasteiger partial charge in [0.05, 0.1) is 22.6 Å². The van der Waals surface area contributed by atoms with Crippen molar-refractivity contribution in [3.63, 3.8) is 0 Å². The molecular weight excluding hydrogens is 400 g/mol. The third-order valence-corrected chi connectivity index (χ3v) is 7.98. The summed E-state index contributed by atoms with van der Waals surface area (Å²) in [5.41, 5.74) is 1.20. The van der Waals surface area contributed by atoms with Crippen LogP contribution in [-0.4, -0.2) is 41.3 Å². The number of rotatable bonds is 6. The second-order valence-electron chi connectivity index (χ2n) is 6.75. The van der Waals surface area contributed by atoms with Crippen molar-refractivity contribution in [1.29, 1.82) is 0 Å². The van der Waals surface area contributed by atoms with Crippen LogP contribution in [-0.2, 0) is 20.0 Å². The summed E-state index contributed by atoms with van der Waals surface area (Å²) in [5, 5.41) is 0. The van der Waals surface area contributed by atoms with Gasteiger partial charge in [0, 0.05) is 13.1 Å². The van der Waals surface area contributed by atoms with Gasteiger partial charge in [0.25, 0.3) is 10.0 Å². The number of sulfonamides is 2. The Balaban J connectivity index is 1.85. The van der Waals surface area contributed by atoms with Crippen LogP contribution in [0.15, 0.2) is 52.3 Å². The van der Waals surface area contributed by atoms with E-state index in [0.29, 0.717) is 24.5 Å². The zero-order chi connectivity index (χ0) is 20.4. The van der Waals surface area contributed by atoms with Gasteiger partial charge >= 0.3 is 0 Å². The van der Waals surface area contributed by atoms with Gasteiger partial charge in [0.15, 0.2) is 0 Å². The zero-order valence-electron chi connectivity index (χ0n) is 15.9. The van der Waals surface area contributed by atoms with Gasteiger partial charge in [-0.3, -0.25) is 4.72 Å². The van der Waals surface area contributed by atoms with Gasteiger partial charge < -0.3 is 4.74 Å². The number of nitrogens with zero attached hydrogens (tertiary/aromatic N) is 1. The molecule has 152 valence electrons. The van der Waals surface area contributed by atoms with E-state index in [1.807, 2.05) is 13.0 Å². The molecule has 28 heavy (non-hydrogen) atoms. The molecule has 0 atom stereocenters. The molecule has 0 radical (unpaired) electrons. The van der Waals surface area contributed by atoms with E-state index in [2.05, 4.69) is 4.72 Å². The number of methoxy groups -OCH3 is 1. The number of piperidine rings is 1. The van der Waals surface area contributed by atoms with Gasteiger partial charge in [-0.1, -0.05) is 12.5 Å². The SMILES string of the molecule is COc1ccc(C)cc1NS(=O)(=O)c1ccc(S(=O)(=O)N2CCCCC2)cc1. The molecule has 1 aliphatic heterocycles. The van der Waals surface area contributed by atoms with Crippen molar-refractivity contribution in [3.8, 4) is 5.75 Å². The van der Waals surface area contributed by atoms with Crippen LogP contribution >= 0.6 is 0 Å². The minimum absolute atomic E-state index is 0.0198. The van der Waals surface area contributed by atoms with Crippen LogP contribution in [0, 0.1) is 6.92 Å². The molecule has 1 saturated heterocycles. The third kappa shape index (κ3) is 4.31. The molecule has 0 unspecified atom stereocenters. The highest BCUT2D eigenvalue weighted by Gasteiger charge is 2.26. The molecule has 1 aliphatic rings. The summed E-state index contributed by atoms with van der Waals surface area (Å²) in [7, 11) is -6.03. The molecule has 2 aromatic rings. The first kappa shape index (κ1) is 20.6. The maximum absolute atomic E-state index is 12.7. The van der Waals surface area contributed by atoms with Gasteiger partial charge in [-0.2, -0.15) is 4.31 Å². The third-order valence-electron chi connectivity index (χ3n) is 4.69. The molecule has 1 fully saturated rings. The van der Waals surface area contributed by atoms with Crippen LogP contribution in [0.5, 0.6) is 5.75 Å². The number of ether oxygens (including phenoxy) is 1. The molecule has 3 rings (SSSR count). The highest BCUT2D eigenvalue weighted by molar-refractivity contribution is 7.92. The van der Waals surface area contributed by atoms with Crippen LogP contribution in [0.4, 0.5) is 5.69 Å². The molecule has 0 saturated carbocycles. The number of nitrogens with one attached hydrogen (secondary N) is 1. The summed E-state index contributed by atoms with van der Waals surface area (Å²) in [6.07, 6.45) is 2.71. The van der Waals surface area contributed by atoms with Crippen molar-refractivity contribution in [3.05, 3.63) is 48.0 Å². The topological polar surface area (TPSA) is 92.8 Å². The van der Waals surface area contributed by atoms with Gasteiger partial charge in [-0.25, -0.2) is 16.8 Å². The van der Waals surface area contributed by atoms with Crippen molar-refractivity contribution in [2.45, 2.75) is 36.0 Å². The van der Waals surface area contributed by atoms with Gasteiger partial charge in [-0.05, 0) is 61.7 Å². The number of anilines is 1. The van der Waals surface area contributed by atoms with Crippen molar-refractivity contribution in [2.24, 2.45) is 0 Å². The smallest absolute Gasteiger partial charge is 0.262 e. The van der Waals surface area contributed by atoms with Crippen LogP contribution in [0.1, 0.15) is 24.8 Å². The predicted octanol–water partition coefficient (Wildman–Crippen LogP) is 2.98. The Morgan fingerprint density at radius 3 is 2.11 bits per heavy atom. The summed E-state index contributed by atoms with van der Waals surface area (Å²) in [6.45, 7) is 2.84. The van der Waals surface area contributed by atoms with Gasteiger partial charge in [0.2, 0.25) is 10.0 Å². The maximum atomic E-state index is 12.7. The fourth-order valence-corrected chi connectivity index (χ4v) is 5.73. The Bertz CT molecular complexity index is 1040. The second kappa shape index (κ2) is 8.10. The van der Waals surface area contributed by atoms with E-state index in [1.165, 1.54) is 35.7 Å². The number of aryl methyl sites for hydroxylation is 1.